The Bertz CT molecular complexity index is 340. The Morgan fingerprint density at radius 3 is 2.38 bits per heavy atom. The zero-order chi connectivity index (χ0) is 11.6. The molecule has 1 aromatic rings. The lowest BCUT2D eigenvalue weighted by Gasteiger charge is -2.47. The number of rotatable bonds is 4. The molecular weight excluding hydrogens is 201 g/mol. The average Bonchev–Trinajstić information content (AvgIpc) is 2.23. The van der Waals surface area contributed by atoms with Gasteiger partial charge in [0.05, 0.1) is 0 Å². The Hall–Kier alpha value is -0.890. The number of nitrogens with two attached hydrogens (primary N) is 1. The van der Waals surface area contributed by atoms with Crippen molar-refractivity contribution in [2.45, 2.75) is 38.5 Å². The minimum absolute atomic E-state index is 0.155. The van der Waals surface area contributed by atoms with Gasteiger partial charge in [0.2, 0.25) is 0 Å². The molecule has 1 nitrogen and oxygen atoms in total. The van der Waals surface area contributed by atoms with Crippen LogP contribution in [-0.2, 0) is 0 Å². The van der Waals surface area contributed by atoms with Gasteiger partial charge in [-0.1, -0.05) is 25.5 Å². The number of halogens is 1. The molecule has 1 fully saturated rings. The molecule has 1 unspecified atom stereocenters. The van der Waals surface area contributed by atoms with Gasteiger partial charge >= 0.3 is 0 Å². The van der Waals surface area contributed by atoms with E-state index >= 15 is 0 Å². The SMILES string of the molecule is CC(c1ccc(F)cc1)C1(CCN)CCC1. The molecule has 0 aliphatic heterocycles. The van der Waals surface area contributed by atoms with Gasteiger partial charge in [-0.15, -0.1) is 0 Å². The summed E-state index contributed by atoms with van der Waals surface area (Å²) in [5.41, 5.74) is 7.33. The summed E-state index contributed by atoms with van der Waals surface area (Å²) >= 11 is 0. The molecule has 0 amide bonds. The maximum Gasteiger partial charge on any atom is 0.123 e. The summed E-state index contributed by atoms with van der Waals surface area (Å²) in [7, 11) is 0. The van der Waals surface area contributed by atoms with E-state index in [2.05, 4.69) is 6.92 Å². The van der Waals surface area contributed by atoms with Crippen LogP contribution in [0.25, 0.3) is 0 Å². The highest BCUT2D eigenvalue weighted by molar-refractivity contribution is 5.23. The first-order valence-electron chi connectivity index (χ1n) is 6.13. The van der Waals surface area contributed by atoms with Crippen LogP contribution in [0, 0.1) is 11.2 Å². The fourth-order valence-electron chi connectivity index (χ4n) is 2.92. The summed E-state index contributed by atoms with van der Waals surface area (Å²) in [6, 6.07) is 6.94. The Balaban J connectivity index is 2.16. The van der Waals surface area contributed by atoms with E-state index in [0.717, 1.165) is 13.0 Å². The van der Waals surface area contributed by atoms with E-state index in [0.29, 0.717) is 11.3 Å². The van der Waals surface area contributed by atoms with Crippen LogP contribution in [0.3, 0.4) is 0 Å². The predicted octanol–water partition coefficient (Wildman–Crippen LogP) is 3.45. The smallest absolute Gasteiger partial charge is 0.123 e. The molecule has 1 aromatic carbocycles. The molecule has 1 atom stereocenters. The fourth-order valence-corrected chi connectivity index (χ4v) is 2.92. The van der Waals surface area contributed by atoms with Crippen molar-refractivity contribution in [1.29, 1.82) is 0 Å². The molecule has 0 radical (unpaired) electrons. The summed E-state index contributed by atoms with van der Waals surface area (Å²) in [5, 5.41) is 0. The lowest BCUT2D eigenvalue weighted by atomic mass is 9.58. The lowest BCUT2D eigenvalue weighted by Crippen LogP contribution is -2.36. The second kappa shape index (κ2) is 4.54. The zero-order valence-corrected chi connectivity index (χ0v) is 9.88. The van der Waals surface area contributed by atoms with Crippen LogP contribution in [0.4, 0.5) is 4.39 Å². The van der Waals surface area contributed by atoms with Crippen LogP contribution in [0.2, 0.25) is 0 Å². The molecule has 0 aromatic heterocycles. The fraction of sp³-hybridized carbons (Fsp3) is 0.571. The van der Waals surface area contributed by atoms with Crippen molar-refractivity contribution < 1.29 is 4.39 Å². The second-order valence-corrected chi connectivity index (χ2v) is 5.03. The summed E-state index contributed by atoms with van der Waals surface area (Å²) in [6.45, 7) is 3.01. The van der Waals surface area contributed by atoms with Crippen LogP contribution in [-0.4, -0.2) is 6.54 Å². The molecule has 1 aliphatic rings. The highest BCUT2D eigenvalue weighted by Crippen LogP contribution is 2.53. The third-order valence-electron chi connectivity index (χ3n) is 4.28. The number of hydrogen-bond donors (Lipinski definition) is 1. The molecular formula is C14H20FN. The van der Waals surface area contributed by atoms with Crippen LogP contribution < -0.4 is 5.73 Å². The van der Waals surface area contributed by atoms with Gasteiger partial charge in [-0.05, 0) is 54.8 Å². The molecule has 0 heterocycles. The van der Waals surface area contributed by atoms with Crippen molar-refractivity contribution >= 4 is 0 Å². The third-order valence-corrected chi connectivity index (χ3v) is 4.28. The summed E-state index contributed by atoms with van der Waals surface area (Å²) < 4.78 is 12.9. The molecule has 0 saturated heterocycles. The summed E-state index contributed by atoms with van der Waals surface area (Å²) in [6.07, 6.45) is 4.93. The molecule has 2 rings (SSSR count). The van der Waals surface area contributed by atoms with Crippen LogP contribution in [0.1, 0.15) is 44.1 Å². The van der Waals surface area contributed by atoms with Crippen LogP contribution in [0.15, 0.2) is 24.3 Å². The van der Waals surface area contributed by atoms with E-state index in [1.54, 1.807) is 12.1 Å². The molecule has 2 heteroatoms. The first-order valence-corrected chi connectivity index (χ1v) is 6.13. The van der Waals surface area contributed by atoms with E-state index in [9.17, 15) is 4.39 Å². The van der Waals surface area contributed by atoms with Crippen LogP contribution in [0.5, 0.6) is 0 Å². The normalized spacial score (nSPS) is 20.2. The van der Waals surface area contributed by atoms with Gasteiger partial charge in [0.25, 0.3) is 0 Å². The van der Waals surface area contributed by atoms with Gasteiger partial charge in [0.15, 0.2) is 0 Å². The number of hydrogen-bond acceptors (Lipinski definition) is 1. The maximum atomic E-state index is 12.9. The van der Waals surface area contributed by atoms with E-state index in [1.165, 1.54) is 24.8 Å². The minimum atomic E-state index is -0.155. The molecule has 1 saturated carbocycles. The zero-order valence-electron chi connectivity index (χ0n) is 9.88. The molecule has 1 aliphatic carbocycles. The van der Waals surface area contributed by atoms with Gasteiger partial charge in [-0.3, -0.25) is 0 Å². The molecule has 2 N–H and O–H groups in total. The second-order valence-electron chi connectivity index (χ2n) is 5.03. The monoisotopic (exact) mass is 221 g/mol. The van der Waals surface area contributed by atoms with Crippen molar-refractivity contribution in [1.82, 2.24) is 0 Å². The van der Waals surface area contributed by atoms with E-state index in [4.69, 9.17) is 5.73 Å². The van der Waals surface area contributed by atoms with Gasteiger partial charge < -0.3 is 5.73 Å². The van der Waals surface area contributed by atoms with Gasteiger partial charge in [-0.25, -0.2) is 4.39 Å². The Labute approximate surface area is 96.9 Å². The van der Waals surface area contributed by atoms with Gasteiger partial charge in [0.1, 0.15) is 5.82 Å². The third kappa shape index (κ3) is 1.99. The average molecular weight is 221 g/mol. The van der Waals surface area contributed by atoms with Crippen molar-refractivity contribution in [2.24, 2.45) is 11.1 Å². The number of benzene rings is 1. The van der Waals surface area contributed by atoms with Gasteiger partial charge in [-0.2, -0.15) is 0 Å². The summed E-state index contributed by atoms with van der Waals surface area (Å²) in [4.78, 5) is 0. The Morgan fingerprint density at radius 1 is 1.31 bits per heavy atom. The summed E-state index contributed by atoms with van der Waals surface area (Å²) in [5.74, 6) is 0.336. The Morgan fingerprint density at radius 2 is 1.94 bits per heavy atom. The topological polar surface area (TPSA) is 26.0 Å². The van der Waals surface area contributed by atoms with E-state index < -0.39 is 0 Å². The van der Waals surface area contributed by atoms with Gasteiger partial charge in [0, 0.05) is 0 Å². The maximum absolute atomic E-state index is 12.9. The highest BCUT2D eigenvalue weighted by atomic mass is 19.1. The van der Waals surface area contributed by atoms with Crippen molar-refractivity contribution in [2.75, 3.05) is 6.54 Å². The van der Waals surface area contributed by atoms with E-state index in [1.807, 2.05) is 12.1 Å². The predicted molar refractivity (Wildman–Crippen MR) is 64.8 cm³/mol. The highest BCUT2D eigenvalue weighted by Gasteiger charge is 2.41. The molecule has 0 spiro atoms. The van der Waals surface area contributed by atoms with E-state index in [-0.39, 0.29) is 5.82 Å². The first-order chi connectivity index (χ1) is 7.68. The molecule has 16 heavy (non-hydrogen) atoms. The molecule has 0 bridgehead atoms. The largest absolute Gasteiger partial charge is 0.330 e. The lowest BCUT2D eigenvalue weighted by molar-refractivity contribution is 0.0900. The van der Waals surface area contributed by atoms with Crippen molar-refractivity contribution in [3.05, 3.63) is 35.6 Å². The van der Waals surface area contributed by atoms with Crippen molar-refractivity contribution in [3.8, 4) is 0 Å². The first kappa shape index (κ1) is 11.6. The minimum Gasteiger partial charge on any atom is -0.330 e. The quantitative estimate of drug-likeness (QED) is 0.828. The Kier molecular flexibility index (Phi) is 3.29. The molecule has 88 valence electrons. The standard InChI is InChI=1S/C14H20FN/c1-11(12-3-5-13(15)6-4-12)14(9-10-16)7-2-8-14/h3-6,11H,2,7-10,16H2,1H3. The van der Waals surface area contributed by atoms with Crippen molar-refractivity contribution in [3.63, 3.8) is 0 Å². The van der Waals surface area contributed by atoms with Crippen LogP contribution >= 0.6 is 0 Å².